The van der Waals surface area contributed by atoms with Gasteiger partial charge in [-0.25, -0.2) is 4.79 Å². The van der Waals surface area contributed by atoms with Crippen LogP contribution in [0.1, 0.15) is 0 Å². The van der Waals surface area contributed by atoms with Crippen LogP contribution in [0.5, 0.6) is 0 Å². The number of thioether (sulfide) groups is 3. The predicted molar refractivity (Wildman–Crippen MR) is 113 cm³/mol. The molecule has 1 saturated heterocycles. The first-order valence-electron chi connectivity index (χ1n) is 8.37. The minimum absolute atomic E-state index is 0.0388. The molecule has 12 heteroatoms. The number of hydrogen-bond acceptors (Lipinski definition) is 9. The monoisotopic (exact) mass is 466 g/mol. The van der Waals surface area contributed by atoms with Gasteiger partial charge in [0, 0.05) is 15.6 Å². The number of amides is 2. The molecule has 2 amide bonds. The Labute approximate surface area is 182 Å². The van der Waals surface area contributed by atoms with Gasteiger partial charge in [0.1, 0.15) is 22.6 Å². The Morgan fingerprint density at radius 1 is 1.31 bits per heavy atom. The van der Waals surface area contributed by atoms with Gasteiger partial charge >= 0.3 is 5.97 Å². The van der Waals surface area contributed by atoms with Gasteiger partial charge in [0.2, 0.25) is 5.91 Å². The van der Waals surface area contributed by atoms with Gasteiger partial charge in [-0.1, -0.05) is 41.3 Å². The highest BCUT2D eigenvalue weighted by molar-refractivity contribution is 8.07. The number of nitrogens with one attached hydrogen (secondary N) is 1. The molecule has 1 fully saturated rings. The summed E-state index contributed by atoms with van der Waals surface area (Å²) < 4.78 is 0.619. The van der Waals surface area contributed by atoms with Crippen LogP contribution in [0.4, 0.5) is 0 Å². The van der Waals surface area contributed by atoms with Crippen molar-refractivity contribution in [3.8, 4) is 0 Å². The molecule has 8 nitrogen and oxygen atoms in total. The highest BCUT2D eigenvalue weighted by Crippen LogP contribution is 2.45. The Kier molecular flexibility index (Phi) is 6.13. The Hall–Kier alpha value is -2.02. The molecule has 0 unspecified atom stereocenters. The molecule has 2 atom stereocenters. The van der Waals surface area contributed by atoms with Gasteiger partial charge in [-0.2, -0.15) is 0 Å². The number of carboxylic acid groups (broad SMARTS) is 1. The second-order valence-corrected chi connectivity index (χ2v) is 10.3. The van der Waals surface area contributed by atoms with Crippen molar-refractivity contribution in [2.75, 3.05) is 11.5 Å². The summed E-state index contributed by atoms with van der Waals surface area (Å²) in [5, 5.41) is 19.6. The van der Waals surface area contributed by atoms with Crippen LogP contribution >= 0.6 is 46.6 Å². The maximum atomic E-state index is 12.6. The third kappa shape index (κ3) is 4.29. The number of β-lactam (4-membered cyclic amide) rings is 1. The van der Waals surface area contributed by atoms with E-state index in [0.717, 1.165) is 4.90 Å². The van der Waals surface area contributed by atoms with Crippen molar-refractivity contribution < 1.29 is 19.5 Å². The first kappa shape index (κ1) is 20.3. The van der Waals surface area contributed by atoms with Gasteiger partial charge in [0.05, 0.1) is 5.75 Å². The number of benzene rings is 1. The van der Waals surface area contributed by atoms with E-state index in [9.17, 15) is 19.5 Å². The summed E-state index contributed by atoms with van der Waals surface area (Å²) in [5.74, 6) is -1.23. The number of rotatable bonds is 7. The van der Waals surface area contributed by atoms with Gasteiger partial charge in [0.15, 0.2) is 4.34 Å². The zero-order valence-electron chi connectivity index (χ0n) is 14.7. The van der Waals surface area contributed by atoms with Crippen LogP contribution in [0.2, 0.25) is 0 Å². The molecule has 3 heterocycles. The summed E-state index contributed by atoms with van der Waals surface area (Å²) in [6.45, 7) is 0. The fourth-order valence-electron chi connectivity index (χ4n) is 2.86. The molecule has 0 aliphatic carbocycles. The van der Waals surface area contributed by atoms with Crippen molar-refractivity contribution in [3.05, 3.63) is 46.4 Å². The number of nitrogens with zero attached hydrogens (tertiary/aromatic N) is 3. The summed E-state index contributed by atoms with van der Waals surface area (Å²) in [7, 11) is 0. The molecule has 1 aromatic carbocycles. The fraction of sp³-hybridized carbons (Fsp3) is 0.235. The molecule has 29 heavy (non-hydrogen) atoms. The number of carboxylic acids is 1. The van der Waals surface area contributed by atoms with Gasteiger partial charge in [-0.3, -0.25) is 14.5 Å². The van der Waals surface area contributed by atoms with Crippen LogP contribution in [0.25, 0.3) is 0 Å². The molecule has 0 bridgehead atoms. The first-order valence-corrected chi connectivity index (χ1v) is 12.1. The van der Waals surface area contributed by atoms with E-state index in [1.165, 1.54) is 51.5 Å². The van der Waals surface area contributed by atoms with Crippen LogP contribution in [-0.2, 0) is 14.4 Å². The van der Waals surface area contributed by atoms with E-state index in [4.69, 9.17) is 0 Å². The van der Waals surface area contributed by atoms with Crippen molar-refractivity contribution >= 4 is 64.4 Å². The normalized spacial score (nSPS) is 20.8. The Balaban J connectivity index is 1.41. The molecule has 0 spiro atoms. The van der Waals surface area contributed by atoms with Crippen molar-refractivity contribution in [3.63, 3.8) is 0 Å². The lowest BCUT2D eigenvalue weighted by molar-refractivity contribution is -0.150. The van der Waals surface area contributed by atoms with Gasteiger partial charge in [-0.15, -0.1) is 33.7 Å². The van der Waals surface area contributed by atoms with Crippen LogP contribution < -0.4 is 5.32 Å². The second kappa shape index (κ2) is 8.78. The average Bonchev–Trinajstić information content (AvgIpc) is 3.23. The molecule has 4 rings (SSSR count). The lowest BCUT2D eigenvalue weighted by atomic mass is 10.1. The molecule has 2 aliphatic heterocycles. The van der Waals surface area contributed by atoms with E-state index in [0.29, 0.717) is 15.0 Å². The minimum Gasteiger partial charge on any atom is -0.477 e. The third-order valence-electron chi connectivity index (χ3n) is 4.12. The predicted octanol–water partition coefficient (Wildman–Crippen LogP) is 2.12. The number of aliphatic carboxylic acids is 1. The highest BCUT2D eigenvalue weighted by atomic mass is 32.2. The molecule has 2 aliphatic rings. The van der Waals surface area contributed by atoms with Crippen LogP contribution in [-0.4, -0.2) is 60.9 Å². The van der Waals surface area contributed by atoms with E-state index in [-0.39, 0.29) is 17.4 Å². The maximum absolute atomic E-state index is 12.6. The summed E-state index contributed by atoms with van der Waals surface area (Å²) in [6, 6.07) is 8.79. The fourth-order valence-corrected chi connectivity index (χ4v) is 6.71. The van der Waals surface area contributed by atoms with Crippen molar-refractivity contribution in [2.24, 2.45) is 0 Å². The minimum atomic E-state index is -1.17. The molecule has 2 N–H and O–H groups in total. The molecule has 0 radical (unpaired) electrons. The van der Waals surface area contributed by atoms with Gasteiger partial charge in [0.25, 0.3) is 5.91 Å². The molecule has 2 aromatic rings. The van der Waals surface area contributed by atoms with Gasteiger partial charge in [-0.05, 0) is 12.1 Å². The molecule has 150 valence electrons. The second-order valence-electron chi connectivity index (χ2n) is 5.94. The highest BCUT2D eigenvalue weighted by Gasteiger charge is 2.54. The van der Waals surface area contributed by atoms with E-state index in [1.54, 1.807) is 5.51 Å². The largest absolute Gasteiger partial charge is 0.477 e. The van der Waals surface area contributed by atoms with E-state index in [1.807, 2.05) is 30.3 Å². The number of carbonyl (C=O) groups excluding carboxylic acids is 2. The SMILES string of the molecule is O=C(CSc1ccccc1)N[C@@H]1C(=O)N2C(C(=O)O)=C(Sc3nncs3)CS[C@@H]12. The number of carbonyl (C=O) groups is 3. The number of aromatic nitrogens is 2. The topological polar surface area (TPSA) is 112 Å². The smallest absolute Gasteiger partial charge is 0.353 e. The molecule has 0 saturated carbocycles. The van der Waals surface area contributed by atoms with E-state index < -0.39 is 23.3 Å². The zero-order valence-corrected chi connectivity index (χ0v) is 17.9. The third-order valence-corrected chi connectivity index (χ3v) is 8.45. The standard InChI is InChI=1S/C17H14N4O4S4/c22-11(7-26-9-4-2-1-3-5-9)19-12-14(23)21-13(16(24)25)10(6-27-15(12)21)29-17-20-18-8-28-17/h1-5,8,12,15H,6-7H2,(H,19,22)(H,24,25)/t12-,15+/m1/s1. The van der Waals surface area contributed by atoms with Crippen molar-refractivity contribution in [1.29, 1.82) is 0 Å². The van der Waals surface area contributed by atoms with Crippen LogP contribution in [0.3, 0.4) is 0 Å². The Morgan fingerprint density at radius 2 is 2.10 bits per heavy atom. The lowest BCUT2D eigenvalue weighted by Crippen LogP contribution is -2.70. The number of hydrogen-bond donors (Lipinski definition) is 2. The van der Waals surface area contributed by atoms with E-state index >= 15 is 0 Å². The Morgan fingerprint density at radius 3 is 2.79 bits per heavy atom. The van der Waals surface area contributed by atoms with Crippen molar-refractivity contribution in [2.45, 2.75) is 20.7 Å². The van der Waals surface area contributed by atoms with Crippen LogP contribution in [0, 0.1) is 0 Å². The lowest BCUT2D eigenvalue weighted by Gasteiger charge is -2.49. The first-order chi connectivity index (χ1) is 14.0. The van der Waals surface area contributed by atoms with E-state index in [2.05, 4.69) is 15.5 Å². The summed E-state index contributed by atoms with van der Waals surface area (Å²) in [6.07, 6.45) is 0. The average molecular weight is 467 g/mol. The quantitative estimate of drug-likeness (QED) is 0.468. The summed E-state index contributed by atoms with van der Waals surface area (Å²) >= 11 is 5.33. The number of fused-ring (bicyclic) bond motifs is 1. The summed E-state index contributed by atoms with van der Waals surface area (Å²) in [5.41, 5.74) is 1.53. The molecular weight excluding hydrogens is 452 g/mol. The Bertz CT molecular complexity index is 967. The zero-order chi connectivity index (χ0) is 20.4. The van der Waals surface area contributed by atoms with Crippen molar-refractivity contribution in [1.82, 2.24) is 20.4 Å². The maximum Gasteiger partial charge on any atom is 0.353 e. The molecule has 1 aromatic heterocycles. The summed E-state index contributed by atoms with van der Waals surface area (Å²) in [4.78, 5) is 39.5. The van der Waals surface area contributed by atoms with Gasteiger partial charge < -0.3 is 10.4 Å². The van der Waals surface area contributed by atoms with Crippen LogP contribution in [0.15, 0.2) is 55.7 Å². The molecular formula is C17H14N4O4S4.